The van der Waals surface area contributed by atoms with Crippen molar-refractivity contribution >= 4 is 29.9 Å². The molecule has 2 heterocycles. The van der Waals surface area contributed by atoms with Crippen LogP contribution in [0.25, 0.3) is 0 Å². The Balaban J connectivity index is 0.00000392. The third-order valence-corrected chi connectivity index (χ3v) is 4.99. The summed E-state index contributed by atoms with van der Waals surface area (Å²) in [6.07, 6.45) is 7.38. The first-order valence-electron chi connectivity index (χ1n) is 9.76. The summed E-state index contributed by atoms with van der Waals surface area (Å²) >= 11 is 0. The van der Waals surface area contributed by atoms with Gasteiger partial charge in [0.25, 0.3) is 0 Å². The molecule has 1 unspecified atom stereocenters. The van der Waals surface area contributed by atoms with Crippen LogP contribution in [0.15, 0.2) is 17.4 Å². The highest BCUT2D eigenvalue weighted by atomic mass is 127. The number of aromatic nitrogens is 2. The van der Waals surface area contributed by atoms with E-state index in [1.165, 1.54) is 5.56 Å². The van der Waals surface area contributed by atoms with Crippen LogP contribution in [0, 0.1) is 0 Å². The minimum atomic E-state index is 0. The summed E-state index contributed by atoms with van der Waals surface area (Å²) in [6.45, 7) is 4.27. The van der Waals surface area contributed by atoms with Gasteiger partial charge in [-0.05, 0) is 33.4 Å². The number of likely N-dealkylation sites (N-methyl/N-ethyl adjacent to an activating group) is 1. The molecule has 0 spiro atoms. The average molecular weight is 508 g/mol. The molecule has 1 N–H and O–H groups in total. The molecule has 1 aliphatic rings. The highest BCUT2D eigenvalue weighted by Gasteiger charge is 2.23. The van der Waals surface area contributed by atoms with E-state index in [0.717, 1.165) is 58.1 Å². The van der Waals surface area contributed by atoms with Crippen molar-refractivity contribution in [2.24, 2.45) is 12.0 Å². The molecule has 1 fully saturated rings. The fraction of sp³-hybridized carbons (Fsp3) is 0.789. The number of piperidine rings is 1. The second-order valence-corrected chi connectivity index (χ2v) is 7.26. The highest BCUT2D eigenvalue weighted by molar-refractivity contribution is 14.0. The number of rotatable bonds is 9. The molecule has 1 saturated heterocycles. The van der Waals surface area contributed by atoms with Crippen molar-refractivity contribution in [3.63, 3.8) is 0 Å². The number of aliphatic imine (C=N–C) groups is 1. The van der Waals surface area contributed by atoms with E-state index >= 15 is 0 Å². The molecule has 0 aromatic carbocycles. The van der Waals surface area contributed by atoms with Crippen LogP contribution in [0.3, 0.4) is 0 Å². The molecule has 0 bridgehead atoms. The van der Waals surface area contributed by atoms with Gasteiger partial charge in [0.15, 0.2) is 5.96 Å². The lowest BCUT2D eigenvalue weighted by molar-refractivity contribution is 0.00987. The Bertz CT molecular complexity index is 573. The van der Waals surface area contributed by atoms with Crippen LogP contribution in [0.5, 0.6) is 0 Å². The van der Waals surface area contributed by atoms with Crippen LogP contribution in [-0.2, 0) is 16.5 Å². The molecular weight excluding hydrogens is 471 g/mol. The smallest absolute Gasteiger partial charge is 0.193 e. The van der Waals surface area contributed by atoms with E-state index in [1.54, 1.807) is 7.11 Å². The quantitative estimate of drug-likeness (QED) is 0.237. The molecule has 9 heteroatoms. The van der Waals surface area contributed by atoms with Gasteiger partial charge in [0.1, 0.15) is 0 Å². The molecule has 8 nitrogen and oxygen atoms in total. The lowest BCUT2D eigenvalue weighted by Crippen LogP contribution is -2.48. The zero-order valence-electron chi connectivity index (χ0n) is 17.9. The Hall–Kier alpha value is -0.910. The number of aryl methyl sites for hydroxylation is 1. The third-order valence-electron chi connectivity index (χ3n) is 4.99. The van der Waals surface area contributed by atoms with E-state index in [0.29, 0.717) is 6.10 Å². The number of guanidine groups is 1. The third kappa shape index (κ3) is 7.84. The van der Waals surface area contributed by atoms with Gasteiger partial charge in [-0.2, -0.15) is 5.10 Å². The van der Waals surface area contributed by atoms with Crippen LogP contribution < -0.4 is 5.32 Å². The summed E-state index contributed by atoms with van der Waals surface area (Å²) in [5.41, 5.74) is 1.20. The SMILES string of the molecule is CN=C(NCC(c1cnn(C)c1)N(C)C)N1CCC(OCCCOC)CC1.I. The zero-order valence-corrected chi connectivity index (χ0v) is 20.3. The molecule has 1 atom stereocenters. The van der Waals surface area contributed by atoms with Gasteiger partial charge in [-0.25, -0.2) is 0 Å². The number of nitrogens with one attached hydrogen (secondary N) is 1. The normalized spacial score (nSPS) is 16.9. The van der Waals surface area contributed by atoms with Crippen molar-refractivity contribution in [2.45, 2.75) is 31.4 Å². The van der Waals surface area contributed by atoms with Gasteiger partial charge in [0.2, 0.25) is 0 Å². The number of hydrogen-bond donors (Lipinski definition) is 1. The van der Waals surface area contributed by atoms with Crippen molar-refractivity contribution in [1.82, 2.24) is 24.9 Å². The first kappa shape index (κ1) is 25.1. The van der Waals surface area contributed by atoms with Crippen LogP contribution in [0.4, 0.5) is 0 Å². The molecule has 0 amide bonds. The predicted octanol–water partition coefficient (Wildman–Crippen LogP) is 1.73. The van der Waals surface area contributed by atoms with E-state index < -0.39 is 0 Å². The number of likely N-dealkylation sites (tertiary alicyclic amines) is 1. The van der Waals surface area contributed by atoms with Crippen molar-refractivity contribution in [2.75, 3.05) is 61.1 Å². The summed E-state index contributed by atoms with van der Waals surface area (Å²) in [4.78, 5) is 9.02. The van der Waals surface area contributed by atoms with Gasteiger partial charge in [0, 0.05) is 65.8 Å². The first-order valence-corrected chi connectivity index (χ1v) is 9.76. The molecule has 162 valence electrons. The van der Waals surface area contributed by atoms with E-state index in [-0.39, 0.29) is 30.0 Å². The minimum absolute atomic E-state index is 0. The first-order chi connectivity index (χ1) is 13.0. The zero-order chi connectivity index (χ0) is 19.6. The molecule has 1 aromatic heterocycles. The van der Waals surface area contributed by atoms with E-state index in [1.807, 2.05) is 25.0 Å². The molecular formula is C19H37IN6O2. The number of hydrogen-bond acceptors (Lipinski definition) is 5. The van der Waals surface area contributed by atoms with Crippen LogP contribution >= 0.6 is 24.0 Å². The van der Waals surface area contributed by atoms with Crippen LogP contribution in [0.1, 0.15) is 30.9 Å². The van der Waals surface area contributed by atoms with Gasteiger partial charge in [-0.15, -0.1) is 24.0 Å². The van der Waals surface area contributed by atoms with Gasteiger partial charge < -0.3 is 24.6 Å². The Morgan fingerprint density at radius 3 is 2.61 bits per heavy atom. The molecule has 0 saturated carbocycles. The second kappa shape index (κ2) is 13.3. The molecule has 0 radical (unpaired) electrons. The topological polar surface area (TPSA) is 67.2 Å². The lowest BCUT2D eigenvalue weighted by Gasteiger charge is -2.35. The molecule has 28 heavy (non-hydrogen) atoms. The second-order valence-electron chi connectivity index (χ2n) is 7.26. The summed E-state index contributed by atoms with van der Waals surface area (Å²) in [6, 6.07) is 0.247. The number of ether oxygens (including phenoxy) is 2. The molecule has 1 aliphatic heterocycles. The summed E-state index contributed by atoms with van der Waals surface area (Å²) in [7, 11) is 9.71. The van der Waals surface area contributed by atoms with Crippen molar-refractivity contribution in [1.29, 1.82) is 0 Å². The lowest BCUT2D eigenvalue weighted by atomic mass is 10.1. The van der Waals surface area contributed by atoms with E-state index in [4.69, 9.17) is 9.47 Å². The average Bonchev–Trinajstić information content (AvgIpc) is 3.09. The number of nitrogens with zero attached hydrogens (tertiary/aromatic N) is 5. The van der Waals surface area contributed by atoms with Gasteiger partial charge in [0.05, 0.1) is 18.3 Å². The Kier molecular flexibility index (Phi) is 12.0. The highest BCUT2D eigenvalue weighted by Crippen LogP contribution is 2.17. The van der Waals surface area contributed by atoms with Crippen molar-refractivity contribution < 1.29 is 9.47 Å². The van der Waals surface area contributed by atoms with Crippen LogP contribution in [-0.4, -0.2) is 92.7 Å². The Morgan fingerprint density at radius 2 is 2.07 bits per heavy atom. The Labute approximate surface area is 186 Å². The van der Waals surface area contributed by atoms with E-state index in [9.17, 15) is 0 Å². The monoisotopic (exact) mass is 508 g/mol. The van der Waals surface area contributed by atoms with E-state index in [2.05, 4.69) is 45.5 Å². The maximum atomic E-state index is 5.95. The largest absolute Gasteiger partial charge is 0.385 e. The fourth-order valence-electron chi connectivity index (χ4n) is 3.42. The number of methoxy groups -OCH3 is 1. The number of halogens is 1. The van der Waals surface area contributed by atoms with Crippen LogP contribution in [0.2, 0.25) is 0 Å². The summed E-state index contributed by atoms with van der Waals surface area (Å²) < 4.78 is 12.9. The minimum Gasteiger partial charge on any atom is -0.385 e. The standard InChI is InChI=1S/C19H36N6O2.HI/c1-20-19(21-14-18(23(2)3)16-13-22-24(4)15-16)25-9-7-17(8-10-25)27-12-6-11-26-5;/h13,15,17-18H,6-12,14H2,1-5H3,(H,20,21);1H. The maximum absolute atomic E-state index is 5.95. The predicted molar refractivity (Wildman–Crippen MR) is 123 cm³/mol. The van der Waals surface area contributed by atoms with Gasteiger partial charge in [-0.3, -0.25) is 9.67 Å². The molecule has 2 rings (SSSR count). The summed E-state index contributed by atoms with van der Waals surface area (Å²) in [5, 5.41) is 7.84. The maximum Gasteiger partial charge on any atom is 0.193 e. The van der Waals surface area contributed by atoms with Crippen molar-refractivity contribution in [3.05, 3.63) is 18.0 Å². The fourth-order valence-corrected chi connectivity index (χ4v) is 3.42. The van der Waals surface area contributed by atoms with Crippen molar-refractivity contribution in [3.8, 4) is 0 Å². The molecule has 1 aromatic rings. The Morgan fingerprint density at radius 1 is 1.36 bits per heavy atom. The summed E-state index contributed by atoms with van der Waals surface area (Å²) in [5.74, 6) is 0.962. The van der Waals surface area contributed by atoms with Gasteiger partial charge >= 0.3 is 0 Å². The molecule has 0 aliphatic carbocycles. The van der Waals surface area contributed by atoms with Gasteiger partial charge in [-0.1, -0.05) is 0 Å².